The van der Waals surface area contributed by atoms with E-state index in [2.05, 4.69) is 309 Å². The first kappa shape index (κ1) is 50.1. The van der Waals surface area contributed by atoms with Crippen molar-refractivity contribution in [3.63, 3.8) is 0 Å². The molecule has 0 atom stereocenters. The molecule has 9 nitrogen and oxygen atoms in total. The van der Waals surface area contributed by atoms with Crippen LogP contribution in [0.15, 0.2) is 285 Å². The molecule has 11 heteroatoms. The molecule has 0 saturated heterocycles. The fraction of sp³-hybridized carbons (Fsp3) is 0. The predicted molar refractivity (Wildman–Crippen MR) is 387 cm³/mol. The highest BCUT2D eigenvalue weighted by molar-refractivity contribution is 7.01. The van der Waals surface area contributed by atoms with Crippen LogP contribution in [0.5, 0.6) is 46.0 Å². The standard InChI is InChI=1S/C84H47B2N5O4/c1-2-18-50(19-3-1)87-67-32-16-36-73-79(67)86-80-68(87)33-17-37-74(80)95-84-70(47-69(83(94-73)82(84)86)90-61-27-11-6-22-55(61)56-23-7-12-28-62(56)90)91-63-29-13-8-24-57(63)58-44-49(40-43-64(58)91)48-38-41-51(42-39-48)88-65-30-14-34-71-77(65)85-78-66(88)31-15-35-72(78)93-76-46-52(45-75(92-71)81(76)85)89-59-25-9-4-20-53(59)54-21-5-10-26-60(54)89/h1-47H. The lowest BCUT2D eigenvalue weighted by atomic mass is 9.33. The molecule has 95 heavy (non-hydrogen) atoms. The zero-order valence-electron chi connectivity index (χ0n) is 50.7. The van der Waals surface area contributed by atoms with E-state index in [0.29, 0.717) is 0 Å². The van der Waals surface area contributed by atoms with Gasteiger partial charge < -0.3 is 42.4 Å². The number of hydrogen-bond donors (Lipinski definition) is 0. The smallest absolute Gasteiger partial charge is 0.266 e. The lowest BCUT2D eigenvalue weighted by Crippen LogP contribution is -2.61. The molecule has 23 rings (SSSR count). The Balaban J connectivity index is 0.672. The second-order valence-electron chi connectivity index (χ2n) is 25.7. The Labute approximate surface area is 544 Å². The third-order valence-electron chi connectivity index (χ3n) is 21.1. The van der Waals surface area contributed by atoms with Crippen molar-refractivity contribution in [2.45, 2.75) is 0 Å². The number of anilines is 6. The summed E-state index contributed by atoms with van der Waals surface area (Å²) in [6.07, 6.45) is 0. The van der Waals surface area contributed by atoms with Crippen LogP contribution in [0.2, 0.25) is 0 Å². The zero-order valence-corrected chi connectivity index (χ0v) is 50.7. The minimum atomic E-state index is -0.195. The van der Waals surface area contributed by atoms with Crippen molar-refractivity contribution in [3.05, 3.63) is 285 Å². The summed E-state index contributed by atoms with van der Waals surface area (Å²) in [5, 5.41) is 7.06. The lowest BCUT2D eigenvalue weighted by molar-refractivity contribution is 0.461. The minimum absolute atomic E-state index is 0.0803. The van der Waals surface area contributed by atoms with Gasteiger partial charge in [0.25, 0.3) is 13.4 Å². The number of fused-ring (bicyclic) bond motifs is 9. The highest BCUT2D eigenvalue weighted by Crippen LogP contribution is 2.52. The van der Waals surface area contributed by atoms with Crippen LogP contribution >= 0.6 is 0 Å². The maximum absolute atomic E-state index is 7.56. The molecule has 0 spiro atoms. The van der Waals surface area contributed by atoms with Crippen molar-refractivity contribution in [1.82, 2.24) is 13.7 Å². The first-order valence-corrected chi connectivity index (χ1v) is 32.5. The highest BCUT2D eigenvalue weighted by atomic mass is 16.5. The molecule has 3 aromatic heterocycles. The average molecular weight is 1210 g/mol. The van der Waals surface area contributed by atoms with Gasteiger partial charge in [0.1, 0.15) is 34.5 Å². The monoisotopic (exact) mass is 1210 g/mol. The van der Waals surface area contributed by atoms with Gasteiger partial charge in [-0.25, -0.2) is 0 Å². The van der Waals surface area contributed by atoms with Gasteiger partial charge in [-0.05, 0) is 154 Å². The number of hydrogen-bond acceptors (Lipinski definition) is 6. The van der Waals surface area contributed by atoms with Crippen molar-refractivity contribution in [2.24, 2.45) is 0 Å². The van der Waals surface area contributed by atoms with E-state index in [1.807, 2.05) is 0 Å². The highest BCUT2D eigenvalue weighted by Gasteiger charge is 2.51. The largest absolute Gasteiger partial charge is 0.458 e. The number of para-hydroxylation sites is 6. The minimum Gasteiger partial charge on any atom is -0.458 e. The van der Waals surface area contributed by atoms with Gasteiger partial charge in [0.2, 0.25) is 0 Å². The molecule has 0 unspecified atom stereocenters. The third-order valence-corrected chi connectivity index (χ3v) is 21.1. The summed E-state index contributed by atoms with van der Waals surface area (Å²) in [6.45, 7) is -0.276. The Morgan fingerprint density at radius 3 is 1.04 bits per heavy atom. The van der Waals surface area contributed by atoms with Crippen LogP contribution in [-0.2, 0) is 0 Å². The van der Waals surface area contributed by atoms with Crippen LogP contribution < -0.4 is 61.5 Å². The molecule has 0 N–H and O–H groups in total. The molecule has 6 aliphatic heterocycles. The Kier molecular flexibility index (Phi) is 9.56. The second kappa shape index (κ2) is 18.1. The van der Waals surface area contributed by atoms with Crippen molar-refractivity contribution in [3.8, 4) is 74.2 Å². The summed E-state index contributed by atoms with van der Waals surface area (Å²) in [5.74, 6) is 6.59. The SMILES string of the molecule is c1ccc(N2c3cccc4c3B3c5c(cccc52)Oc2c(-n5c6ccccc6c6cc(-c7ccc(N8c9cccc%10c9B9c%11c(cc(-n%12c%13ccccc%13c%13ccccc%13%12)cc%11Oc%11cccc8c%119)O%10)cc7)ccc65)cc(-n5c6ccccc6c6ccccc65)c(c23)O4)cc1. The molecule has 14 aromatic carbocycles. The summed E-state index contributed by atoms with van der Waals surface area (Å²) in [7, 11) is 0. The summed E-state index contributed by atoms with van der Waals surface area (Å²) in [5.41, 5.74) is 24.8. The first-order chi connectivity index (χ1) is 47.1. The topological polar surface area (TPSA) is 58.2 Å². The van der Waals surface area contributed by atoms with Gasteiger partial charge >= 0.3 is 0 Å². The van der Waals surface area contributed by atoms with Crippen LogP contribution in [0.25, 0.3) is 93.6 Å². The maximum atomic E-state index is 7.56. The molecule has 0 bridgehead atoms. The fourth-order valence-corrected chi connectivity index (χ4v) is 17.4. The normalized spacial score (nSPS) is 13.7. The van der Waals surface area contributed by atoms with Gasteiger partial charge in [-0.2, -0.15) is 0 Å². The molecule has 0 amide bonds. The summed E-state index contributed by atoms with van der Waals surface area (Å²) < 4.78 is 36.4. The number of rotatable bonds is 6. The van der Waals surface area contributed by atoms with Gasteiger partial charge in [0.15, 0.2) is 11.5 Å². The lowest BCUT2D eigenvalue weighted by Gasteiger charge is -2.43. The summed E-state index contributed by atoms with van der Waals surface area (Å²) in [6, 6.07) is 103. The van der Waals surface area contributed by atoms with E-state index in [9.17, 15) is 0 Å². The van der Waals surface area contributed by atoms with E-state index in [4.69, 9.17) is 18.9 Å². The molecule has 0 aliphatic carbocycles. The third kappa shape index (κ3) is 6.48. The number of benzene rings is 14. The van der Waals surface area contributed by atoms with Crippen LogP contribution in [0, 0.1) is 0 Å². The van der Waals surface area contributed by atoms with Gasteiger partial charge in [-0.15, -0.1) is 0 Å². The summed E-state index contributed by atoms with van der Waals surface area (Å²) in [4.78, 5) is 4.76. The van der Waals surface area contributed by atoms with E-state index in [1.54, 1.807) is 0 Å². The molecule has 0 fully saturated rings. The quantitative estimate of drug-likeness (QED) is 0.155. The van der Waals surface area contributed by atoms with Crippen molar-refractivity contribution in [2.75, 3.05) is 9.80 Å². The van der Waals surface area contributed by atoms with Crippen molar-refractivity contribution >= 4 is 146 Å². The Bertz CT molecular complexity index is 6140. The Hall–Kier alpha value is -12.6. The second-order valence-corrected chi connectivity index (χ2v) is 25.7. The van der Waals surface area contributed by atoms with Crippen LogP contribution in [0.3, 0.4) is 0 Å². The van der Waals surface area contributed by atoms with E-state index in [-0.39, 0.29) is 13.4 Å². The molecule has 9 heterocycles. The van der Waals surface area contributed by atoms with Gasteiger partial charge in [0.05, 0.1) is 50.2 Å². The van der Waals surface area contributed by atoms with Crippen molar-refractivity contribution in [1.29, 1.82) is 0 Å². The molecule has 438 valence electrons. The fourth-order valence-electron chi connectivity index (χ4n) is 17.4. The Morgan fingerprint density at radius 2 is 0.579 bits per heavy atom. The Morgan fingerprint density at radius 1 is 0.211 bits per heavy atom. The van der Waals surface area contributed by atoms with Gasteiger partial charge in [-0.1, -0.05) is 152 Å². The average Bonchev–Trinajstić information content (AvgIpc) is 0.942. The van der Waals surface area contributed by atoms with Crippen LogP contribution in [-0.4, -0.2) is 27.1 Å². The molecule has 0 saturated carbocycles. The zero-order chi connectivity index (χ0) is 61.5. The van der Waals surface area contributed by atoms with E-state index < -0.39 is 0 Å². The van der Waals surface area contributed by atoms with Gasteiger partial charge in [0, 0.05) is 89.5 Å². The van der Waals surface area contributed by atoms with Crippen molar-refractivity contribution < 1.29 is 18.9 Å². The maximum Gasteiger partial charge on any atom is 0.266 e. The molecule has 17 aromatic rings. The predicted octanol–water partition coefficient (Wildman–Crippen LogP) is 17.7. The van der Waals surface area contributed by atoms with Crippen LogP contribution in [0.1, 0.15) is 0 Å². The number of aromatic nitrogens is 3. The number of nitrogens with zero attached hydrogens (tertiary/aromatic N) is 5. The summed E-state index contributed by atoms with van der Waals surface area (Å²) >= 11 is 0. The van der Waals surface area contributed by atoms with Crippen LogP contribution in [0.4, 0.5) is 34.1 Å². The molecule has 6 aliphatic rings. The first-order valence-electron chi connectivity index (χ1n) is 32.5. The molecule has 0 radical (unpaired) electrons. The molecular weight excluding hydrogens is 1160 g/mol. The van der Waals surface area contributed by atoms with E-state index >= 15 is 0 Å². The van der Waals surface area contributed by atoms with E-state index in [0.717, 1.165) is 185 Å². The molecular formula is C84H47B2N5O4. The van der Waals surface area contributed by atoms with Gasteiger partial charge in [-0.3, -0.25) is 0 Å². The number of ether oxygens (including phenoxy) is 4. The van der Waals surface area contributed by atoms with E-state index in [1.165, 1.54) is 21.5 Å².